The zero-order valence-electron chi connectivity index (χ0n) is 9.25. The topological polar surface area (TPSA) is 20.2 Å². The lowest BCUT2D eigenvalue weighted by atomic mass is 9.94. The van der Waals surface area contributed by atoms with Crippen LogP contribution in [0.15, 0.2) is 6.07 Å². The molecule has 15 heavy (non-hydrogen) atoms. The van der Waals surface area contributed by atoms with Crippen LogP contribution in [0.1, 0.15) is 47.9 Å². The molecule has 1 N–H and O–H groups in total. The molecule has 0 aliphatic heterocycles. The molecule has 0 amide bonds. The summed E-state index contributed by atoms with van der Waals surface area (Å²) in [6.07, 6.45) is 7.45. The predicted octanol–water partition coefficient (Wildman–Crippen LogP) is 3.04. The molecule has 0 radical (unpaired) electrons. The number of aliphatic hydroxyl groups excluding tert-OH is 1. The largest absolute Gasteiger partial charge is 0.392 e. The third kappa shape index (κ3) is 1.46. The lowest BCUT2D eigenvalue weighted by Gasteiger charge is -2.16. The maximum absolute atomic E-state index is 9.86. The van der Waals surface area contributed by atoms with E-state index in [0.717, 1.165) is 0 Å². The van der Waals surface area contributed by atoms with Crippen molar-refractivity contribution in [2.45, 2.75) is 57.0 Å². The molecule has 2 aliphatic rings. The normalized spacial score (nSPS) is 24.7. The molecule has 3 rings (SSSR count). The SMILES string of the molecule is CC(O)C1(c2cc3c(s2)CCCC3)CC1. The fourth-order valence-electron chi connectivity index (χ4n) is 2.74. The zero-order valence-corrected chi connectivity index (χ0v) is 10.1. The fraction of sp³-hybridized carbons (Fsp3) is 0.692. The standard InChI is InChI=1S/C13H18OS/c1-9(14)13(6-7-13)12-8-10-4-2-3-5-11(10)15-12/h8-9,14H,2-7H2,1H3. The van der Waals surface area contributed by atoms with Gasteiger partial charge in [-0.2, -0.15) is 0 Å². The van der Waals surface area contributed by atoms with Gasteiger partial charge in [0.15, 0.2) is 0 Å². The van der Waals surface area contributed by atoms with Crippen molar-refractivity contribution in [2.24, 2.45) is 0 Å². The molecule has 1 saturated carbocycles. The molecule has 1 nitrogen and oxygen atoms in total. The maximum Gasteiger partial charge on any atom is 0.0616 e. The summed E-state index contributed by atoms with van der Waals surface area (Å²) in [5.41, 5.74) is 1.73. The number of rotatable bonds is 2. The summed E-state index contributed by atoms with van der Waals surface area (Å²) in [4.78, 5) is 3.06. The van der Waals surface area contributed by atoms with E-state index in [4.69, 9.17) is 0 Å². The summed E-state index contributed by atoms with van der Waals surface area (Å²) in [6.45, 7) is 1.95. The van der Waals surface area contributed by atoms with Gasteiger partial charge in [0.25, 0.3) is 0 Å². The third-order valence-corrected chi connectivity index (χ3v) is 5.53. The molecule has 1 aromatic heterocycles. The summed E-state index contributed by atoms with van der Waals surface area (Å²) in [5, 5.41) is 9.86. The first-order valence-corrected chi connectivity index (χ1v) is 6.84. The second kappa shape index (κ2) is 3.33. The van der Waals surface area contributed by atoms with Gasteiger partial charge >= 0.3 is 0 Å². The first-order valence-electron chi connectivity index (χ1n) is 6.02. The van der Waals surface area contributed by atoms with Crippen molar-refractivity contribution >= 4 is 11.3 Å². The minimum Gasteiger partial charge on any atom is -0.392 e. The average molecular weight is 222 g/mol. The van der Waals surface area contributed by atoms with E-state index in [1.807, 2.05) is 18.3 Å². The minimum atomic E-state index is -0.169. The molecule has 82 valence electrons. The Bertz CT molecular complexity index is 350. The Morgan fingerprint density at radius 1 is 1.33 bits per heavy atom. The van der Waals surface area contributed by atoms with Crippen LogP contribution in [0.4, 0.5) is 0 Å². The van der Waals surface area contributed by atoms with Crippen molar-refractivity contribution in [1.29, 1.82) is 0 Å². The minimum absolute atomic E-state index is 0.155. The van der Waals surface area contributed by atoms with Gasteiger partial charge in [-0.1, -0.05) is 0 Å². The number of aryl methyl sites for hydroxylation is 2. The summed E-state index contributed by atoms with van der Waals surface area (Å²) < 4.78 is 0. The van der Waals surface area contributed by atoms with Crippen molar-refractivity contribution in [3.63, 3.8) is 0 Å². The average Bonchev–Trinajstić information content (AvgIpc) is 2.93. The molecule has 0 aromatic carbocycles. The molecule has 2 aliphatic carbocycles. The fourth-order valence-corrected chi connectivity index (χ4v) is 4.32. The summed E-state index contributed by atoms with van der Waals surface area (Å²) in [5.74, 6) is 0. The van der Waals surface area contributed by atoms with Crippen LogP contribution in [0.25, 0.3) is 0 Å². The number of hydrogen-bond donors (Lipinski definition) is 1. The van der Waals surface area contributed by atoms with E-state index in [-0.39, 0.29) is 11.5 Å². The van der Waals surface area contributed by atoms with E-state index in [1.54, 1.807) is 10.4 Å². The van der Waals surface area contributed by atoms with Crippen LogP contribution in [0.3, 0.4) is 0 Å². The highest BCUT2D eigenvalue weighted by Gasteiger charge is 2.49. The first-order chi connectivity index (χ1) is 7.22. The highest BCUT2D eigenvalue weighted by Crippen LogP contribution is 2.54. The number of fused-ring (bicyclic) bond motifs is 1. The number of thiophene rings is 1. The van der Waals surface area contributed by atoms with Crippen LogP contribution in [0.2, 0.25) is 0 Å². The van der Waals surface area contributed by atoms with Gasteiger partial charge in [0.1, 0.15) is 0 Å². The van der Waals surface area contributed by atoms with Crippen LogP contribution >= 0.6 is 11.3 Å². The lowest BCUT2D eigenvalue weighted by molar-refractivity contribution is 0.152. The Balaban J connectivity index is 1.96. The van der Waals surface area contributed by atoms with E-state index in [9.17, 15) is 5.11 Å². The highest BCUT2D eigenvalue weighted by molar-refractivity contribution is 7.12. The molecular weight excluding hydrogens is 204 g/mol. The third-order valence-electron chi connectivity index (χ3n) is 4.08. The molecule has 1 aromatic rings. The lowest BCUT2D eigenvalue weighted by Crippen LogP contribution is -2.21. The molecule has 0 bridgehead atoms. The van der Waals surface area contributed by atoms with E-state index in [0.29, 0.717) is 0 Å². The summed E-state index contributed by atoms with van der Waals surface area (Å²) in [7, 11) is 0. The van der Waals surface area contributed by atoms with Crippen molar-refractivity contribution in [3.8, 4) is 0 Å². The van der Waals surface area contributed by atoms with Crippen molar-refractivity contribution in [3.05, 3.63) is 21.4 Å². The van der Waals surface area contributed by atoms with E-state index in [2.05, 4.69) is 6.07 Å². The molecule has 0 saturated heterocycles. The molecule has 0 spiro atoms. The van der Waals surface area contributed by atoms with Crippen LogP contribution in [0, 0.1) is 0 Å². The van der Waals surface area contributed by atoms with Crippen LogP contribution in [-0.4, -0.2) is 11.2 Å². The van der Waals surface area contributed by atoms with Gasteiger partial charge in [-0.15, -0.1) is 11.3 Å². The highest BCUT2D eigenvalue weighted by atomic mass is 32.1. The number of aliphatic hydroxyl groups is 1. The smallest absolute Gasteiger partial charge is 0.0616 e. The molecule has 1 heterocycles. The Morgan fingerprint density at radius 3 is 2.67 bits per heavy atom. The number of hydrogen-bond acceptors (Lipinski definition) is 2. The van der Waals surface area contributed by atoms with Gasteiger partial charge in [-0.05, 0) is 57.1 Å². The van der Waals surface area contributed by atoms with Crippen molar-refractivity contribution in [1.82, 2.24) is 0 Å². The Morgan fingerprint density at radius 2 is 2.07 bits per heavy atom. The Hall–Kier alpha value is -0.340. The molecule has 1 unspecified atom stereocenters. The van der Waals surface area contributed by atoms with E-state index < -0.39 is 0 Å². The van der Waals surface area contributed by atoms with Crippen LogP contribution in [0.5, 0.6) is 0 Å². The summed E-state index contributed by atoms with van der Waals surface area (Å²) >= 11 is 1.97. The predicted molar refractivity (Wildman–Crippen MR) is 63.6 cm³/mol. The van der Waals surface area contributed by atoms with Gasteiger partial charge < -0.3 is 5.11 Å². The Kier molecular flexibility index (Phi) is 2.18. The van der Waals surface area contributed by atoms with Crippen LogP contribution in [-0.2, 0) is 18.3 Å². The van der Waals surface area contributed by atoms with Crippen molar-refractivity contribution < 1.29 is 5.11 Å². The summed E-state index contributed by atoms with van der Waals surface area (Å²) in [6, 6.07) is 2.39. The molecule has 2 heteroatoms. The first kappa shape index (κ1) is 9.86. The zero-order chi connectivity index (χ0) is 10.5. The monoisotopic (exact) mass is 222 g/mol. The van der Waals surface area contributed by atoms with E-state index >= 15 is 0 Å². The molecule has 1 fully saturated rings. The second-order valence-electron chi connectivity index (χ2n) is 5.10. The molecule has 1 atom stereocenters. The van der Waals surface area contributed by atoms with Gasteiger partial charge in [0, 0.05) is 15.2 Å². The van der Waals surface area contributed by atoms with Gasteiger partial charge in [0.05, 0.1) is 6.10 Å². The Labute approximate surface area is 95.1 Å². The van der Waals surface area contributed by atoms with Crippen molar-refractivity contribution in [2.75, 3.05) is 0 Å². The molecular formula is C13H18OS. The maximum atomic E-state index is 9.86. The van der Waals surface area contributed by atoms with Gasteiger partial charge in [-0.3, -0.25) is 0 Å². The van der Waals surface area contributed by atoms with Gasteiger partial charge in [-0.25, -0.2) is 0 Å². The van der Waals surface area contributed by atoms with E-state index in [1.165, 1.54) is 43.4 Å². The van der Waals surface area contributed by atoms with Crippen LogP contribution < -0.4 is 0 Å². The van der Waals surface area contributed by atoms with Gasteiger partial charge in [0.2, 0.25) is 0 Å². The second-order valence-corrected chi connectivity index (χ2v) is 6.24. The quantitative estimate of drug-likeness (QED) is 0.815.